The summed E-state index contributed by atoms with van der Waals surface area (Å²) in [6.07, 6.45) is 3.81. The molecule has 3 rings (SSSR count). The Labute approximate surface area is 144 Å². The van der Waals surface area contributed by atoms with Gasteiger partial charge < -0.3 is 20.1 Å². The predicted molar refractivity (Wildman–Crippen MR) is 93.3 cm³/mol. The quantitative estimate of drug-likeness (QED) is 0.891. The van der Waals surface area contributed by atoms with E-state index in [1.165, 1.54) is 0 Å². The molecule has 1 aliphatic heterocycles. The molecule has 1 aromatic carbocycles. The number of fused-ring (bicyclic) bond motifs is 1. The molecule has 4 unspecified atom stereocenters. The van der Waals surface area contributed by atoms with Crippen LogP contribution in [0.25, 0.3) is 0 Å². The van der Waals surface area contributed by atoms with Crippen LogP contribution in [0.5, 0.6) is 5.75 Å². The van der Waals surface area contributed by atoms with Crippen LogP contribution in [0.3, 0.4) is 0 Å². The number of aliphatic hydroxyl groups is 1. The van der Waals surface area contributed by atoms with Crippen molar-refractivity contribution in [2.24, 2.45) is 5.92 Å². The van der Waals surface area contributed by atoms with Crippen molar-refractivity contribution in [2.45, 2.75) is 50.7 Å². The standard InChI is InChI=1S/C19H28N2O3/c1-13(16-12-24-18-10-6-4-8-15(16)18)20-19(23)21(2)11-14-7-3-5-9-17(14)22/h4,6,8,10,13-14,16-17,22H,3,5,7,9,11-12H2,1-2H3,(H,20,23). The molecule has 0 aromatic heterocycles. The molecule has 0 spiro atoms. The first-order chi connectivity index (χ1) is 11.6. The van der Waals surface area contributed by atoms with E-state index in [1.807, 2.05) is 32.2 Å². The van der Waals surface area contributed by atoms with Crippen molar-refractivity contribution in [3.8, 4) is 5.75 Å². The highest BCUT2D eigenvalue weighted by Gasteiger charge is 2.31. The van der Waals surface area contributed by atoms with Gasteiger partial charge in [0, 0.05) is 37.0 Å². The summed E-state index contributed by atoms with van der Waals surface area (Å²) in [5.74, 6) is 1.29. The van der Waals surface area contributed by atoms with Crippen LogP contribution in [-0.2, 0) is 0 Å². The highest BCUT2D eigenvalue weighted by Crippen LogP contribution is 2.35. The average Bonchev–Trinajstić information content (AvgIpc) is 3.01. The largest absolute Gasteiger partial charge is 0.493 e. The lowest BCUT2D eigenvalue weighted by Gasteiger charge is -2.32. The third-order valence-electron chi connectivity index (χ3n) is 5.42. The zero-order valence-electron chi connectivity index (χ0n) is 14.6. The van der Waals surface area contributed by atoms with Crippen LogP contribution in [0.1, 0.15) is 44.1 Å². The Kier molecular flexibility index (Phi) is 5.29. The zero-order chi connectivity index (χ0) is 17.1. The minimum absolute atomic E-state index is 0.000112. The van der Waals surface area contributed by atoms with Gasteiger partial charge >= 0.3 is 6.03 Å². The van der Waals surface area contributed by atoms with E-state index in [2.05, 4.69) is 11.4 Å². The van der Waals surface area contributed by atoms with E-state index in [9.17, 15) is 9.90 Å². The number of nitrogens with zero attached hydrogens (tertiary/aromatic N) is 1. The van der Waals surface area contributed by atoms with Gasteiger partial charge in [-0.25, -0.2) is 4.79 Å². The number of nitrogens with one attached hydrogen (secondary N) is 1. The summed E-state index contributed by atoms with van der Waals surface area (Å²) in [4.78, 5) is 14.2. The number of hydrogen-bond acceptors (Lipinski definition) is 3. The molecule has 1 fully saturated rings. The van der Waals surface area contributed by atoms with Crippen molar-refractivity contribution in [3.05, 3.63) is 29.8 Å². The second kappa shape index (κ2) is 7.43. The first kappa shape index (κ1) is 17.1. The molecule has 2 N–H and O–H groups in total. The molecule has 24 heavy (non-hydrogen) atoms. The number of ether oxygens (including phenoxy) is 1. The summed E-state index contributed by atoms with van der Waals surface area (Å²) >= 11 is 0. The predicted octanol–water partition coefficient (Wildman–Crippen LogP) is 2.74. The Bertz CT molecular complexity index is 577. The minimum Gasteiger partial charge on any atom is -0.493 e. The van der Waals surface area contributed by atoms with Crippen LogP contribution in [0.15, 0.2) is 24.3 Å². The van der Waals surface area contributed by atoms with Crippen molar-refractivity contribution in [1.82, 2.24) is 10.2 Å². The van der Waals surface area contributed by atoms with Gasteiger partial charge in [0.05, 0.1) is 12.7 Å². The van der Waals surface area contributed by atoms with Crippen LogP contribution >= 0.6 is 0 Å². The number of amides is 2. The Morgan fingerprint density at radius 1 is 1.38 bits per heavy atom. The van der Waals surface area contributed by atoms with Crippen molar-refractivity contribution < 1.29 is 14.6 Å². The van der Waals surface area contributed by atoms with Gasteiger partial charge in [0.2, 0.25) is 0 Å². The summed E-state index contributed by atoms with van der Waals surface area (Å²) in [7, 11) is 1.81. The van der Waals surface area contributed by atoms with E-state index in [-0.39, 0.29) is 30.0 Å². The maximum atomic E-state index is 12.5. The van der Waals surface area contributed by atoms with E-state index in [1.54, 1.807) is 4.90 Å². The summed E-state index contributed by atoms with van der Waals surface area (Å²) < 4.78 is 5.71. The Morgan fingerprint density at radius 3 is 2.92 bits per heavy atom. The fourth-order valence-electron chi connectivity index (χ4n) is 3.84. The molecule has 0 radical (unpaired) electrons. The highest BCUT2D eigenvalue weighted by atomic mass is 16.5. The molecule has 0 saturated heterocycles. The maximum Gasteiger partial charge on any atom is 0.317 e. The molecule has 5 heteroatoms. The van der Waals surface area contributed by atoms with Gasteiger partial charge in [-0.2, -0.15) is 0 Å². The van der Waals surface area contributed by atoms with Crippen LogP contribution in [0, 0.1) is 5.92 Å². The zero-order valence-corrected chi connectivity index (χ0v) is 14.6. The van der Waals surface area contributed by atoms with Crippen molar-refractivity contribution >= 4 is 6.03 Å². The number of carbonyl (C=O) groups excluding carboxylic acids is 1. The number of urea groups is 1. The summed E-state index contributed by atoms with van der Waals surface area (Å²) in [6, 6.07) is 7.93. The monoisotopic (exact) mass is 332 g/mol. The number of benzene rings is 1. The normalized spacial score (nSPS) is 27.0. The first-order valence-electron chi connectivity index (χ1n) is 8.97. The number of para-hydroxylation sites is 1. The molecule has 1 heterocycles. The van der Waals surface area contributed by atoms with Gasteiger partial charge in [-0.05, 0) is 25.8 Å². The fourth-order valence-corrected chi connectivity index (χ4v) is 3.84. The lowest BCUT2D eigenvalue weighted by atomic mass is 9.86. The van der Waals surface area contributed by atoms with Crippen LogP contribution in [0.4, 0.5) is 4.79 Å². The average molecular weight is 332 g/mol. The highest BCUT2D eigenvalue weighted by molar-refractivity contribution is 5.74. The number of carbonyl (C=O) groups is 1. The molecule has 1 saturated carbocycles. The molecule has 2 amide bonds. The Hall–Kier alpha value is -1.75. The molecule has 0 bridgehead atoms. The molecule has 5 nitrogen and oxygen atoms in total. The van der Waals surface area contributed by atoms with Crippen LogP contribution in [0.2, 0.25) is 0 Å². The molecular weight excluding hydrogens is 304 g/mol. The van der Waals surface area contributed by atoms with Gasteiger partial charge in [0.1, 0.15) is 5.75 Å². The fraction of sp³-hybridized carbons (Fsp3) is 0.632. The second-order valence-electron chi connectivity index (χ2n) is 7.19. The Balaban J connectivity index is 1.54. The van der Waals surface area contributed by atoms with Crippen molar-refractivity contribution in [3.63, 3.8) is 0 Å². The first-order valence-corrected chi connectivity index (χ1v) is 8.97. The molecule has 1 aromatic rings. The van der Waals surface area contributed by atoms with Crippen LogP contribution < -0.4 is 10.1 Å². The Morgan fingerprint density at radius 2 is 2.12 bits per heavy atom. The van der Waals surface area contributed by atoms with Gasteiger partial charge in [0.15, 0.2) is 0 Å². The van der Waals surface area contributed by atoms with E-state index in [0.29, 0.717) is 13.2 Å². The van der Waals surface area contributed by atoms with Crippen molar-refractivity contribution in [2.75, 3.05) is 20.2 Å². The summed E-state index contributed by atoms with van der Waals surface area (Å²) in [5, 5.41) is 13.2. The SMILES string of the molecule is CC(NC(=O)N(C)CC1CCCCC1O)C1COc2ccccc21. The number of rotatable bonds is 4. The van der Waals surface area contributed by atoms with Gasteiger partial charge in [-0.3, -0.25) is 0 Å². The topological polar surface area (TPSA) is 61.8 Å². The summed E-state index contributed by atoms with van der Waals surface area (Å²) in [6.45, 7) is 3.24. The molecule has 4 atom stereocenters. The maximum absolute atomic E-state index is 12.5. The lowest BCUT2D eigenvalue weighted by Crippen LogP contribution is -2.47. The minimum atomic E-state index is -0.276. The van der Waals surface area contributed by atoms with E-state index >= 15 is 0 Å². The van der Waals surface area contributed by atoms with Gasteiger partial charge in [0.25, 0.3) is 0 Å². The summed E-state index contributed by atoms with van der Waals surface area (Å²) in [5.41, 5.74) is 1.16. The smallest absolute Gasteiger partial charge is 0.317 e. The van der Waals surface area contributed by atoms with Crippen molar-refractivity contribution in [1.29, 1.82) is 0 Å². The van der Waals surface area contributed by atoms with E-state index in [0.717, 1.165) is 37.0 Å². The molecular formula is C19H28N2O3. The molecule has 132 valence electrons. The van der Waals surface area contributed by atoms with Gasteiger partial charge in [-0.15, -0.1) is 0 Å². The lowest BCUT2D eigenvalue weighted by molar-refractivity contribution is 0.0562. The molecule has 1 aliphatic carbocycles. The second-order valence-corrected chi connectivity index (χ2v) is 7.19. The van der Waals surface area contributed by atoms with Crippen LogP contribution in [-0.4, -0.2) is 48.4 Å². The third kappa shape index (κ3) is 3.66. The third-order valence-corrected chi connectivity index (χ3v) is 5.42. The van der Waals surface area contributed by atoms with Gasteiger partial charge in [-0.1, -0.05) is 31.0 Å². The molecule has 2 aliphatic rings. The number of hydrogen-bond donors (Lipinski definition) is 2. The van der Waals surface area contributed by atoms with E-state index in [4.69, 9.17) is 4.74 Å². The van der Waals surface area contributed by atoms with E-state index < -0.39 is 0 Å². The number of aliphatic hydroxyl groups excluding tert-OH is 1.